The van der Waals surface area contributed by atoms with Crippen LogP contribution in [0.3, 0.4) is 0 Å². The maximum Gasteiger partial charge on any atom is 0.225 e. The molecule has 0 bridgehead atoms. The smallest absolute Gasteiger partial charge is 0.225 e. The molecule has 6 heteroatoms. The Bertz CT molecular complexity index is 547. The fourth-order valence-corrected chi connectivity index (χ4v) is 1.66. The van der Waals surface area contributed by atoms with Crippen LogP contribution in [-0.2, 0) is 4.79 Å². The van der Waals surface area contributed by atoms with Crippen molar-refractivity contribution in [3.63, 3.8) is 0 Å². The summed E-state index contributed by atoms with van der Waals surface area (Å²) < 4.78 is 1.65. The SMILES string of the molecule is CC(C)C(N)CC(=O)Nc1ccc(-n2cccn2)nc1. The van der Waals surface area contributed by atoms with Gasteiger partial charge in [-0.1, -0.05) is 13.8 Å². The Morgan fingerprint density at radius 2 is 2.25 bits per heavy atom. The first kappa shape index (κ1) is 14.2. The average Bonchev–Trinajstić information content (AvgIpc) is 2.93. The lowest BCUT2D eigenvalue weighted by molar-refractivity contribution is -0.116. The van der Waals surface area contributed by atoms with Crippen LogP contribution in [0.15, 0.2) is 36.8 Å². The van der Waals surface area contributed by atoms with E-state index in [0.29, 0.717) is 17.9 Å². The van der Waals surface area contributed by atoms with Gasteiger partial charge in [0.25, 0.3) is 0 Å². The third kappa shape index (κ3) is 3.64. The second kappa shape index (κ2) is 6.29. The van der Waals surface area contributed by atoms with E-state index >= 15 is 0 Å². The van der Waals surface area contributed by atoms with Crippen LogP contribution in [0.1, 0.15) is 20.3 Å². The van der Waals surface area contributed by atoms with Crippen molar-refractivity contribution in [1.82, 2.24) is 14.8 Å². The number of amides is 1. The molecule has 2 heterocycles. The van der Waals surface area contributed by atoms with E-state index in [2.05, 4.69) is 15.4 Å². The van der Waals surface area contributed by atoms with Crippen molar-refractivity contribution in [2.75, 3.05) is 5.32 Å². The minimum Gasteiger partial charge on any atom is -0.327 e. The first-order valence-electron chi connectivity index (χ1n) is 6.58. The summed E-state index contributed by atoms with van der Waals surface area (Å²) in [5.41, 5.74) is 6.53. The lowest BCUT2D eigenvalue weighted by Crippen LogP contribution is -2.31. The number of pyridine rings is 1. The number of nitrogens with two attached hydrogens (primary N) is 1. The van der Waals surface area contributed by atoms with Crippen molar-refractivity contribution in [3.8, 4) is 5.82 Å². The molecular formula is C14H19N5O. The molecule has 2 rings (SSSR count). The highest BCUT2D eigenvalue weighted by atomic mass is 16.1. The lowest BCUT2D eigenvalue weighted by Gasteiger charge is -2.15. The molecule has 0 aliphatic rings. The summed E-state index contributed by atoms with van der Waals surface area (Å²) in [6, 6.07) is 5.28. The molecule has 0 saturated carbocycles. The minimum atomic E-state index is -0.133. The molecule has 3 N–H and O–H groups in total. The molecule has 0 radical (unpaired) electrons. The molecule has 20 heavy (non-hydrogen) atoms. The molecule has 106 valence electrons. The van der Waals surface area contributed by atoms with Gasteiger partial charge in [0, 0.05) is 24.9 Å². The summed E-state index contributed by atoms with van der Waals surface area (Å²) in [5, 5.41) is 6.88. The monoisotopic (exact) mass is 273 g/mol. The zero-order chi connectivity index (χ0) is 14.5. The van der Waals surface area contributed by atoms with Gasteiger partial charge in [0.05, 0.1) is 11.9 Å². The summed E-state index contributed by atoms with van der Waals surface area (Å²) >= 11 is 0. The molecule has 0 aromatic carbocycles. The zero-order valence-electron chi connectivity index (χ0n) is 11.7. The van der Waals surface area contributed by atoms with Gasteiger partial charge in [-0.3, -0.25) is 4.79 Å². The van der Waals surface area contributed by atoms with Crippen LogP contribution < -0.4 is 11.1 Å². The van der Waals surface area contributed by atoms with E-state index in [1.807, 2.05) is 26.1 Å². The summed E-state index contributed by atoms with van der Waals surface area (Å²) in [5.74, 6) is 0.882. The van der Waals surface area contributed by atoms with Gasteiger partial charge in [0.2, 0.25) is 5.91 Å². The molecular weight excluding hydrogens is 254 g/mol. The molecule has 1 atom stereocenters. The normalized spacial score (nSPS) is 12.4. The third-order valence-corrected chi connectivity index (χ3v) is 3.05. The van der Waals surface area contributed by atoms with E-state index in [0.717, 1.165) is 0 Å². The number of carbonyl (C=O) groups excluding carboxylic acids is 1. The van der Waals surface area contributed by atoms with Gasteiger partial charge in [0.15, 0.2) is 5.82 Å². The number of anilines is 1. The quantitative estimate of drug-likeness (QED) is 0.866. The fourth-order valence-electron chi connectivity index (χ4n) is 1.66. The van der Waals surface area contributed by atoms with Gasteiger partial charge in [-0.2, -0.15) is 5.10 Å². The Hall–Kier alpha value is -2.21. The number of nitrogens with zero attached hydrogens (tertiary/aromatic N) is 3. The van der Waals surface area contributed by atoms with Crippen molar-refractivity contribution in [1.29, 1.82) is 0 Å². The first-order valence-corrected chi connectivity index (χ1v) is 6.58. The van der Waals surface area contributed by atoms with Crippen LogP contribution in [0, 0.1) is 5.92 Å². The first-order chi connectivity index (χ1) is 9.56. The van der Waals surface area contributed by atoms with E-state index in [4.69, 9.17) is 5.73 Å². The molecule has 1 amide bonds. The van der Waals surface area contributed by atoms with Crippen molar-refractivity contribution in [3.05, 3.63) is 36.8 Å². The van der Waals surface area contributed by atoms with Gasteiger partial charge in [-0.25, -0.2) is 9.67 Å². The number of aromatic nitrogens is 3. The number of carbonyl (C=O) groups is 1. The van der Waals surface area contributed by atoms with E-state index < -0.39 is 0 Å². The molecule has 2 aromatic heterocycles. The standard InChI is InChI=1S/C14H19N5O/c1-10(2)12(15)8-14(20)18-11-4-5-13(16-9-11)19-7-3-6-17-19/h3-7,9-10,12H,8,15H2,1-2H3,(H,18,20). The van der Waals surface area contributed by atoms with Gasteiger partial charge < -0.3 is 11.1 Å². The van der Waals surface area contributed by atoms with Crippen molar-refractivity contribution in [2.45, 2.75) is 26.3 Å². The van der Waals surface area contributed by atoms with E-state index in [9.17, 15) is 4.79 Å². The van der Waals surface area contributed by atoms with E-state index in [-0.39, 0.29) is 17.9 Å². The zero-order valence-corrected chi connectivity index (χ0v) is 11.7. The van der Waals surface area contributed by atoms with Crippen molar-refractivity contribution in [2.24, 2.45) is 11.7 Å². The summed E-state index contributed by atoms with van der Waals surface area (Å²) in [6.07, 6.45) is 5.40. The molecule has 2 aromatic rings. The predicted octanol–water partition coefficient (Wildman–Crippen LogP) is 1.58. The Kier molecular flexibility index (Phi) is 4.47. The minimum absolute atomic E-state index is 0.0974. The molecule has 0 aliphatic carbocycles. The number of hydrogen-bond acceptors (Lipinski definition) is 4. The van der Waals surface area contributed by atoms with Crippen LogP contribution in [0.2, 0.25) is 0 Å². The highest BCUT2D eigenvalue weighted by Crippen LogP contribution is 2.10. The number of rotatable bonds is 5. The summed E-state index contributed by atoms with van der Waals surface area (Å²) in [7, 11) is 0. The van der Waals surface area contributed by atoms with Gasteiger partial charge in [0.1, 0.15) is 0 Å². The van der Waals surface area contributed by atoms with Crippen LogP contribution in [0.4, 0.5) is 5.69 Å². The van der Waals surface area contributed by atoms with Crippen molar-refractivity contribution < 1.29 is 4.79 Å². The largest absolute Gasteiger partial charge is 0.327 e. The second-order valence-corrected chi connectivity index (χ2v) is 5.02. The van der Waals surface area contributed by atoms with Crippen molar-refractivity contribution >= 4 is 11.6 Å². The highest BCUT2D eigenvalue weighted by Gasteiger charge is 2.13. The predicted molar refractivity (Wildman–Crippen MR) is 77.4 cm³/mol. The molecule has 1 unspecified atom stereocenters. The van der Waals surface area contributed by atoms with E-state index in [1.165, 1.54) is 0 Å². The Morgan fingerprint density at radius 1 is 1.45 bits per heavy atom. The van der Waals surface area contributed by atoms with Crippen LogP contribution in [0.5, 0.6) is 0 Å². The molecule has 0 aliphatic heterocycles. The van der Waals surface area contributed by atoms with Crippen LogP contribution in [0.25, 0.3) is 5.82 Å². The number of hydrogen-bond donors (Lipinski definition) is 2. The number of nitrogens with one attached hydrogen (secondary N) is 1. The Labute approximate surface area is 118 Å². The lowest BCUT2D eigenvalue weighted by atomic mass is 10.0. The van der Waals surface area contributed by atoms with Gasteiger partial charge in [-0.15, -0.1) is 0 Å². The van der Waals surface area contributed by atoms with Gasteiger partial charge >= 0.3 is 0 Å². The summed E-state index contributed by atoms with van der Waals surface area (Å²) in [4.78, 5) is 16.0. The summed E-state index contributed by atoms with van der Waals surface area (Å²) in [6.45, 7) is 4.00. The van der Waals surface area contributed by atoms with E-state index in [1.54, 1.807) is 29.2 Å². The fraction of sp³-hybridized carbons (Fsp3) is 0.357. The molecule has 6 nitrogen and oxygen atoms in total. The molecule has 0 fully saturated rings. The van der Waals surface area contributed by atoms with Gasteiger partial charge in [-0.05, 0) is 24.1 Å². The molecule has 0 spiro atoms. The topological polar surface area (TPSA) is 85.8 Å². The Morgan fingerprint density at radius 3 is 2.80 bits per heavy atom. The Balaban J connectivity index is 1.95. The average molecular weight is 273 g/mol. The van der Waals surface area contributed by atoms with Crippen LogP contribution in [-0.4, -0.2) is 26.7 Å². The highest BCUT2D eigenvalue weighted by molar-refractivity contribution is 5.90. The molecule has 0 saturated heterocycles. The second-order valence-electron chi connectivity index (χ2n) is 5.02. The third-order valence-electron chi connectivity index (χ3n) is 3.05. The maximum absolute atomic E-state index is 11.8. The van der Waals surface area contributed by atoms with Crippen LogP contribution >= 0.6 is 0 Å². The maximum atomic E-state index is 11.8.